The third-order valence-electron chi connectivity index (χ3n) is 5.00. The molecule has 2 aromatic rings. The molecule has 3 heterocycles. The van der Waals surface area contributed by atoms with Gasteiger partial charge in [-0.05, 0) is 26.0 Å². The number of hydrogen-bond acceptors (Lipinski definition) is 5. The summed E-state index contributed by atoms with van der Waals surface area (Å²) in [5.74, 6) is -0.513. The van der Waals surface area contributed by atoms with E-state index in [2.05, 4.69) is 10.4 Å². The van der Waals surface area contributed by atoms with E-state index in [1.54, 1.807) is 37.1 Å². The smallest absolute Gasteiger partial charge is 0.276 e. The largest absolute Gasteiger partial charge is 0.319 e. The van der Waals surface area contributed by atoms with Gasteiger partial charge in [-0.2, -0.15) is 5.10 Å². The van der Waals surface area contributed by atoms with E-state index in [0.717, 1.165) is 0 Å². The number of carbonyl (C=O) groups excluding carboxylic acids is 2. The van der Waals surface area contributed by atoms with E-state index in [0.29, 0.717) is 54.6 Å². The number of likely N-dealkylation sites (N-methyl/N-ethyl adjacent to an activating group) is 1. The Labute approximate surface area is 186 Å². The minimum Gasteiger partial charge on any atom is -0.319 e. The van der Waals surface area contributed by atoms with Crippen molar-refractivity contribution in [2.24, 2.45) is 7.05 Å². The lowest BCUT2D eigenvalue weighted by Gasteiger charge is -2.33. The summed E-state index contributed by atoms with van der Waals surface area (Å²) in [5.41, 5.74) is 2.53. The number of amides is 2. The van der Waals surface area contributed by atoms with Crippen molar-refractivity contribution >= 4 is 53.7 Å². The Morgan fingerprint density at radius 2 is 1.90 bits per heavy atom. The number of anilines is 3. The van der Waals surface area contributed by atoms with Gasteiger partial charge in [-0.15, -0.1) is 24.8 Å². The van der Waals surface area contributed by atoms with Gasteiger partial charge in [0.2, 0.25) is 5.91 Å². The number of aryl methyl sites for hydroxylation is 2. The number of aromatic nitrogens is 2. The first-order chi connectivity index (χ1) is 14.2. The van der Waals surface area contributed by atoms with Crippen molar-refractivity contribution in [3.63, 3.8) is 0 Å². The molecule has 158 valence electrons. The van der Waals surface area contributed by atoms with Crippen molar-refractivity contribution in [2.45, 2.75) is 6.92 Å². The first-order valence-electron chi connectivity index (χ1n) is 10.4. The van der Waals surface area contributed by atoms with E-state index < -0.39 is 6.98 Å². The molecule has 1 fully saturated rings. The number of carbonyl (C=O) groups is 2. The maximum Gasteiger partial charge on any atom is 0.276 e. The average molecular weight is 444 g/mol. The molecule has 0 radical (unpaired) electrons. The Bertz CT molecular complexity index is 1010. The molecule has 0 saturated carbocycles. The fourth-order valence-corrected chi connectivity index (χ4v) is 3.67. The van der Waals surface area contributed by atoms with Gasteiger partial charge in [0.05, 0.1) is 23.6 Å². The molecule has 1 N–H and O–H groups in total. The molecule has 0 spiro atoms. The predicted octanol–water partition coefficient (Wildman–Crippen LogP) is 2.05. The number of hydrogen-bond donors (Lipinski definition) is 1. The summed E-state index contributed by atoms with van der Waals surface area (Å²) in [7, 11) is 1.68. The lowest BCUT2D eigenvalue weighted by atomic mass is 10.2. The number of piperazine rings is 1. The minimum absolute atomic E-state index is 0. The number of benzene rings is 1. The quantitative estimate of drug-likeness (QED) is 0.768. The molecule has 0 bridgehead atoms. The standard InChI is InChI=1S/C19H24N6O2.2ClH/c1-13-17-18(23(3)21-13)19(27)20-14-6-4-5-7-15(14)25(17)16(26)12-24-10-8-22(2)9-11-24;;/h4-7H,8-12H2,1-3H3,(H,20,27);2*1H/i2D3;;. The van der Waals surface area contributed by atoms with Gasteiger partial charge in [-0.3, -0.25) is 24.1 Å². The third-order valence-corrected chi connectivity index (χ3v) is 5.00. The number of rotatable bonds is 2. The Balaban J connectivity index is 0.00000181. The van der Waals surface area contributed by atoms with Gasteiger partial charge in [0.15, 0.2) is 5.69 Å². The molecule has 1 saturated heterocycles. The monoisotopic (exact) mass is 443 g/mol. The molecule has 0 unspecified atom stereocenters. The lowest BCUT2D eigenvalue weighted by molar-refractivity contribution is -0.119. The molecular formula is C19H26Cl2N6O2. The number of fused-ring (bicyclic) bond motifs is 2. The maximum atomic E-state index is 13.5. The van der Waals surface area contributed by atoms with E-state index in [9.17, 15) is 9.59 Å². The van der Waals surface area contributed by atoms with Crippen LogP contribution in [0.1, 0.15) is 20.3 Å². The summed E-state index contributed by atoms with van der Waals surface area (Å²) >= 11 is 0. The Kier molecular flexibility index (Phi) is 5.94. The SMILES string of the molecule is Cl.Cl.[2H]C([2H])([2H])N1CCN(CC(=O)N2c3ccccc3NC(=O)c3c2c(C)nn3C)CC1. The predicted molar refractivity (Wildman–Crippen MR) is 118 cm³/mol. The van der Waals surface area contributed by atoms with Crippen LogP contribution >= 0.6 is 24.8 Å². The molecule has 1 aromatic heterocycles. The summed E-state index contributed by atoms with van der Waals surface area (Å²) < 4.78 is 24.1. The average Bonchev–Trinajstić information content (AvgIpc) is 2.89. The summed E-state index contributed by atoms with van der Waals surface area (Å²) in [5, 5.41) is 7.22. The van der Waals surface area contributed by atoms with Crippen molar-refractivity contribution < 1.29 is 13.7 Å². The van der Waals surface area contributed by atoms with Gasteiger partial charge in [0.1, 0.15) is 5.69 Å². The highest BCUT2D eigenvalue weighted by Gasteiger charge is 2.34. The Morgan fingerprint density at radius 3 is 2.59 bits per heavy atom. The molecule has 2 amide bonds. The van der Waals surface area contributed by atoms with Crippen LogP contribution in [0.3, 0.4) is 0 Å². The van der Waals surface area contributed by atoms with Crippen LogP contribution in [0.5, 0.6) is 0 Å². The zero-order valence-electron chi connectivity index (χ0n) is 19.2. The zero-order chi connectivity index (χ0) is 21.6. The van der Waals surface area contributed by atoms with Crippen LogP contribution in [-0.2, 0) is 11.8 Å². The molecule has 8 nitrogen and oxygen atoms in total. The fourth-order valence-electron chi connectivity index (χ4n) is 3.67. The van der Waals surface area contributed by atoms with E-state index in [4.69, 9.17) is 4.11 Å². The molecule has 2 aliphatic heterocycles. The summed E-state index contributed by atoms with van der Waals surface area (Å²) in [6.07, 6.45) is 0. The second-order valence-corrected chi connectivity index (χ2v) is 6.87. The van der Waals surface area contributed by atoms with Crippen molar-refractivity contribution in [1.29, 1.82) is 0 Å². The fraction of sp³-hybridized carbons (Fsp3) is 0.421. The van der Waals surface area contributed by atoms with Crippen LogP contribution in [0.4, 0.5) is 17.1 Å². The van der Waals surface area contributed by atoms with Crippen LogP contribution in [0.25, 0.3) is 0 Å². The highest BCUT2D eigenvalue weighted by Crippen LogP contribution is 2.39. The zero-order valence-corrected chi connectivity index (χ0v) is 17.8. The van der Waals surface area contributed by atoms with Crippen LogP contribution in [0.15, 0.2) is 24.3 Å². The summed E-state index contributed by atoms with van der Waals surface area (Å²) in [6, 6.07) is 7.17. The minimum atomic E-state index is -2.12. The summed E-state index contributed by atoms with van der Waals surface area (Å²) in [4.78, 5) is 31.2. The van der Waals surface area contributed by atoms with Crippen molar-refractivity contribution in [1.82, 2.24) is 19.6 Å². The molecule has 4 rings (SSSR count). The maximum absolute atomic E-state index is 13.5. The van der Waals surface area contributed by atoms with E-state index in [-0.39, 0.29) is 43.2 Å². The second kappa shape index (κ2) is 9.13. The van der Waals surface area contributed by atoms with E-state index in [1.807, 2.05) is 11.0 Å². The summed E-state index contributed by atoms with van der Waals surface area (Å²) in [6.45, 7) is 1.48. The van der Waals surface area contributed by atoms with E-state index in [1.165, 1.54) is 9.58 Å². The number of nitrogens with one attached hydrogen (secondary N) is 1. The van der Waals surface area contributed by atoms with Gasteiger partial charge >= 0.3 is 0 Å². The molecule has 0 aliphatic carbocycles. The van der Waals surface area contributed by atoms with E-state index >= 15 is 0 Å². The van der Waals surface area contributed by atoms with Gasteiger partial charge in [0.25, 0.3) is 5.91 Å². The third kappa shape index (κ3) is 4.25. The van der Waals surface area contributed by atoms with Crippen molar-refractivity contribution in [2.75, 3.05) is 49.9 Å². The molecule has 10 heteroatoms. The highest BCUT2D eigenvalue weighted by molar-refractivity contribution is 6.17. The van der Waals surface area contributed by atoms with Gasteiger partial charge < -0.3 is 10.2 Å². The first kappa shape index (κ1) is 18.9. The molecule has 1 aromatic carbocycles. The molecule has 29 heavy (non-hydrogen) atoms. The number of nitrogens with zero attached hydrogens (tertiary/aromatic N) is 5. The Hall–Kier alpha value is -2.13. The van der Waals surface area contributed by atoms with Crippen LogP contribution in [-0.4, -0.2) is 71.1 Å². The van der Waals surface area contributed by atoms with Crippen LogP contribution in [0, 0.1) is 6.92 Å². The topological polar surface area (TPSA) is 73.7 Å². The van der Waals surface area contributed by atoms with Crippen molar-refractivity contribution in [3.05, 3.63) is 35.7 Å². The number of halogens is 2. The number of para-hydroxylation sites is 2. The molecule has 0 atom stereocenters. The second-order valence-electron chi connectivity index (χ2n) is 6.87. The first-order valence-corrected chi connectivity index (χ1v) is 8.91. The van der Waals surface area contributed by atoms with Crippen molar-refractivity contribution in [3.8, 4) is 0 Å². The van der Waals surface area contributed by atoms with Gasteiger partial charge in [0, 0.05) is 37.3 Å². The normalized spacial score (nSPS) is 18.6. The van der Waals surface area contributed by atoms with Gasteiger partial charge in [-0.1, -0.05) is 12.1 Å². The van der Waals surface area contributed by atoms with Crippen LogP contribution in [0.2, 0.25) is 0 Å². The molecular weight excluding hydrogens is 415 g/mol. The highest BCUT2D eigenvalue weighted by atomic mass is 35.5. The van der Waals surface area contributed by atoms with Crippen LogP contribution < -0.4 is 10.2 Å². The Morgan fingerprint density at radius 1 is 1.21 bits per heavy atom. The lowest BCUT2D eigenvalue weighted by Crippen LogP contribution is -2.48. The molecule has 2 aliphatic rings. The van der Waals surface area contributed by atoms with Gasteiger partial charge in [-0.25, -0.2) is 0 Å².